The highest BCUT2D eigenvalue weighted by Crippen LogP contribution is 2.25. The van der Waals surface area contributed by atoms with E-state index in [1.54, 1.807) is 6.08 Å². The van der Waals surface area contributed by atoms with E-state index in [2.05, 4.69) is 40.0 Å². The fourth-order valence-electron chi connectivity index (χ4n) is 2.44. The summed E-state index contributed by atoms with van der Waals surface area (Å²) in [6, 6.07) is 12.1. The van der Waals surface area contributed by atoms with Gasteiger partial charge in [0.05, 0.1) is 17.4 Å². The van der Waals surface area contributed by atoms with E-state index < -0.39 is 0 Å². The van der Waals surface area contributed by atoms with Gasteiger partial charge in [0.25, 0.3) is 0 Å². The molecule has 5 heteroatoms. The van der Waals surface area contributed by atoms with Crippen LogP contribution in [0.3, 0.4) is 0 Å². The Balaban J connectivity index is 1.75. The van der Waals surface area contributed by atoms with Gasteiger partial charge in [0, 0.05) is 6.08 Å². The fourth-order valence-corrected chi connectivity index (χ4v) is 2.98. The van der Waals surface area contributed by atoms with E-state index in [-0.39, 0.29) is 5.91 Å². The monoisotopic (exact) mass is 337 g/mol. The van der Waals surface area contributed by atoms with Gasteiger partial charge in [0.15, 0.2) is 0 Å². The van der Waals surface area contributed by atoms with Gasteiger partial charge in [-0.25, -0.2) is 0 Å². The molecule has 1 heterocycles. The second kappa shape index (κ2) is 6.93. The van der Waals surface area contributed by atoms with Crippen LogP contribution in [0.1, 0.15) is 36.5 Å². The van der Waals surface area contributed by atoms with Gasteiger partial charge in [-0.2, -0.15) is 8.75 Å². The molecule has 1 N–H and O–H groups in total. The lowest BCUT2D eigenvalue weighted by Gasteiger charge is -2.07. The lowest BCUT2D eigenvalue weighted by molar-refractivity contribution is -0.111. The van der Waals surface area contributed by atoms with E-state index in [4.69, 9.17) is 0 Å². The number of carbonyl (C=O) groups excluding carboxylic acids is 1. The summed E-state index contributed by atoms with van der Waals surface area (Å²) in [4.78, 5) is 12.2. The molecule has 0 fully saturated rings. The van der Waals surface area contributed by atoms with Crippen LogP contribution >= 0.6 is 11.7 Å². The summed E-state index contributed by atoms with van der Waals surface area (Å²) < 4.78 is 8.47. The van der Waals surface area contributed by atoms with Crippen molar-refractivity contribution >= 4 is 40.4 Å². The molecule has 0 aliphatic carbocycles. The molecule has 1 amide bonds. The van der Waals surface area contributed by atoms with Gasteiger partial charge in [-0.15, -0.1) is 0 Å². The fraction of sp³-hybridized carbons (Fsp3) is 0.211. The minimum absolute atomic E-state index is 0.175. The maximum Gasteiger partial charge on any atom is 0.248 e. The van der Waals surface area contributed by atoms with Crippen molar-refractivity contribution in [3.63, 3.8) is 0 Å². The Morgan fingerprint density at radius 1 is 1.12 bits per heavy atom. The van der Waals surface area contributed by atoms with Crippen molar-refractivity contribution < 1.29 is 4.79 Å². The third-order valence-corrected chi connectivity index (χ3v) is 4.46. The SMILES string of the molecule is Cc1ccc2nsnc2c1NC(=O)/C=C/c1ccc(C(C)C)cc1. The molecule has 122 valence electrons. The number of rotatable bonds is 4. The normalized spacial score (nSPS) is 11.5. The van der Waals surface area contributed by atoms with Crippen molar-refractivity contribution in [2.24, 2.45) is 0 Å². The number of amides is 1. The summed E-state index contributed by atoms with van der Waals surface area (Å²) in [5, 5.41) is 2.92. The molecule has 3 aromatic rings. The summed E-state index contributed by atoms with van der Waals surface area (Å²) in [5.41, 5.74) is 5.52. The third-order valence-electron chi connectivity index (χ3n) is 3.91. The predicted molar refractivity (Wildman–Crippen MR) is 100 cm³/mol. The van der Waals surface area contributed by atoms with Crippen LogP contribution in [0.4, 0.5) is 5.69 Å². The number of benzene rings is 2. The number of carbonyl (C=O) groups is 1. The lowest BCUT2D eigenvalue weighted by atomic mass is 10.0. The minimum atomic E-state index is -0.175. The highest BCUT2D eigenvalue weighted by atomic mass is 32.1. The van der Waals surface area contributed by atoms with E-state index in [0.717, 1.165) is 39.6 Å². The van der Waals surface area contributed by atoms with Gasteiger partial charge in [-0.3, -0.25) is 4.79 Å². The lowest BCUT2D eigenvalue weighted by Crippen LogP contribution is -2.09. The number of nitrogens with zero attached hydrogens (tertiary/aromatic N) is 2. The van der Waals surface area contributed by atoms with E-state index >= 15 is 0 Å². The van der Waals surface area contributed by atoms with Crippen LogP contribution in [0.25, 0.3) is 17.1 Å². The van der Waals surface area contributed by atoms with E-state index in [9.17, 15) is 4.79 Å². The maximum atomic E-state index is 12.2. The van der Waals surface area contributed by atoms with Crippen LogP contribution in [0.2, 0.25) is 0 Å². The Labute approximate surface area is 145 Å². The number of anilines is 1. The molecule has 0 bridgehead atoms. The largest absolute Gasteiger partial charge is 0.320 e. The second-order valence-corrected chi connectivity index (χ2v) is 6.56. The van der Waals surface area contributed by atoms with Gasteiger partial charge < -0.3 is 5.32 Å². The van der Waals surface area contributed by atoms with Crippen molar-refractivity contribution in [1.82, 2.24) is 8.75 Å². The topological polar surface area (TPSA) is 54.9 Å². The predicted octanol–water partition coefficient (Wildman–Crippen LogP) is 4.78. The first-order valence-electron chi connectivity index (χ1n) is 7.85. The number of nitrogens with one attached hydrogen (secondary N) is 1. The molecule has 0 saturated heterocycles. The molecule has 3 rings (SSSR count). The van der Waals surface area contributed by atoms with Gasteiger partial charge in [0.1, 0.15) is 11.0 Å². The first kappa shape index (κ1) is 16.3. The molecule has 24 heavy (non-hydrogen) atoms. The van der Waals surface area contributed by atoms with Crippen molar-refractivity contribution in [3.05, 3.63) is 59.2 Å². The summed E-state index contributed by atoms with van der Waals surface area (Å²) in [7, 11) is 0. The van der Waals surface area contributed by atoms with Crippen molar-refractivity contribution in [1.29, 1.82) is 0 Å². The van der Waals surface area contributed by atoms with Gasteiger partial charge in [-0.05, 0) is 41.7 Å². The molecule has 2 aromatic carbocycles. The molecule has 0 aliphatic rings. The Bertz CT molecular complexity index is 895. The van der Waals surface area contributed by atoms with Crippen molar-refractivity contribution in [2.45, 2.75) is 26.7 Å². The molecular weight excluding hydrogens is 318 g/mol. The molecule has 0 aliphatic heterocycles. The molecule has 1 aromatic heterocycles. The summed E-state index contributed by atoms with van der Waals surface area (Å²) in [6.45, 7) is 6.27. The maximum absolute atomic E-state index is 12.2. The van der Waals surface area contributed by atoms with Crippen molar-refractivity contribution in [2.75, 3.05) is 5.32 Å². The van der Waals surface area contributed by atoms with Crippen LogP contribution in [0.5, 0.6) is 0 Å². The summed E-state index contributed by atoms with van der Waals surface area (Å²) >= 11 is 1.15. The molecule has 0 atom stereocenters. The molecule has 0 spiro atoms. The van der Waals surface area contributed by atoms with Gasteiger partial charge >= 0.3 is 0 Å². The highest BCUT2D eigenvalue weighted by Gasteiger charge is 2.10. The van der Waals surface area contributed by atoms with E-state index in [1.807, 2.05) is 37.3 Å². The highest BCUT2D eigenvalue weighted by molar-refractivity contribution is 7.00. The average Bonchev–Trinajstić information content (AvgIpc) is 3.05. The molecule has 0 unspecified atom stereocenters. The van der Waals surface area contributed by atoms with Crippen LogP contribution < -0.4 is 5.32 Å². The molecule has 0 radical (unpaired) electrons. The number of aryl methyl sites for hydroxylation is 1. The molecular formula is C19H19N3OS. The Morgan fingerprint density at radius 2 is 1.88 bits per heavy atom. The number of hydrogen-bond donors (Lipinski definition) is 1. The average molecular weight is 337 g/mol. The minimum Gasteiger partial charge on any atom is -0.320 e. The zero-order valence-electron chi connectivity index (χ0n) is 13.9. The third kappa shape index (κ3) is 3.51. The first-order chi connectivity index (χ1) is 11.5. The van der Waals surface area contributed by atoms with Crippen LogP contribution in [-0.4, -0.2) is 14.7 Å². The van der Waals surface area contributed by atoms with Gasteiger partial charge in [0.2, 0.25) is 5.91 Å². The smallest absolute Gasteiger partial charge is 0.248 e. The zero-order valence-corrected chi connectivity index (χ0v) is 14.7. The number of aromatic nitrogens is 2. The Hall–Kier alpha value is -2.53. The van der Waals surface area contributed by atoms with Gasteiger partial charge in [-0.1, -0.05) is 44.2 Å². The van der Waals surface area contributed by atoms with E-state index in [0.29, 0.717) is 5.92 Å². The van der Waals surface area contributed by atoms with Crippen LogP contribution in [0, 0.1) is 6.92 Å². The quantitative estimate of drug-likeness (QED) is 0.697. The zero-order chi connectivity index (χ0) is 17.1. The summed E-state index contributed by atoms with van der Waals surface area (Å²) in [6.07, 6.45) is 3.36. The van der Waals surface area contributed by atoms with Crippen LogP contribution in [0.15, 0.2) is 42.5 Å². The molecule has 4 nitrogen and oxygen atoms in total. The first-order valence-corrected chi connectivity index (χ1v) is 8.58. The number of fused-ring (bicyclic) bond motifs is 1. The van der Waals surface area contributed by atoms with Crippen molar-refractivity contribution in [3.8, 4) is 0 Å². The Kier molecular flexibility index (Phi) is 4.71. The van der Waals surface area contributed by atoms with E-state index in [1.165, 1.54) is 5.56 Å². The standard InChI is InChI=1S/C19H19N3OS/c1-12(2)15-8-5-14(6-9-15)7-11-17(23)20-18-13(3)4-10-16-19(18)22-24-21-16/h4-12H,1-3H3,(H,20,23)/b11-7+. The molecule has 0 saturated carbocycles. The summed E-state index contributed by atoms with van der Waals surface area (Å²) in [5.74, 6) is 0.327. The second-order valence-electron chi connectivity index (χ2n) is 6.03. The number of hydrogen-bond acceptors (Lipinski definition) is 4. The Morgan fingerprint density at radius 3 is 2.58 bits per heavy atom. The van der Waals surface area contributed by atoms with Crippen LogP contribution in [-0.2, 0) is 4.79 Å².